The molecule has 0 spiro atoms. The highest BCUT2D eigenvalue weighted by Crippen LogP contribution is 2.41. The van der Waals surface area contributed by atoms with E-state index < -0.39 is 46.8 Å². The average molecular weight is 518 g/mol. The number of nitrogens with zero attached hydrogens (tertiary/aromatic N) is 3. The number of Topliss-reactive ketones (excluding diaryl/α,β-unsaturated/α-hetero) is 1. The van der Waals surface area contributed by atoms with Crippen molar-refractivity contribution in [2.45, 2.75) is 26.2 Å². The molecule has 3 atom stereocenters. The molecule has 35 heavy (non-hydrogen) atoms. The molecule has 2 aromatic rings. The third-order valence-corrected chi connectivity index (χ3v) is 7.04. The van der Waals surface area contributed by atoms with Gasteiger partial charge in [-0.3, -0.25) is 29.3 Å². The molecule has 2 aromatic carbocycles. The first-order chi connectivity index (χ1) is 16.6. The topological polar surface area (TPSA) is 118 Å². The molecule has 3 amide bonds. The minimum absolute atomic E-state index is 0.000387. The highest BCUT2D eigenvalue weighted by atomic mass is 35.5. The molecule has 0 bridgehead atoms. The van der Waals surface area contributed by atoms with Gasteiger partial charge in [0.15, 0.2) is 5.78 Å². The van der Waals surface area contributed by atoms with Crippen molar-refractivity contribution in [1.82, 2.24) is 10.0 Å². The summed E-state index contributed by atoms with van der Waals surface area (Å²) in [6.45, 7) is 1.37. The highest BCUT2D eigenvalue weighted by molar-refractivity contribution is 6.36. The monoisotopic (exact) mass is 517 g/mol. The third kappa shape index (κ3) is 4.78. The summed E-state index contributed by atoms with van der Waals surface area (Å²) in [6, 6.07) is 8.99. The molecule has 9 nitrogen and oxygen atoms in total. The third-order valence-electron chi connectivity index (χ3n) is 6.50. The number of hydrogen-bond donors (Lipinski definition) is 0. The van der Waals surface area contributed by atoms with Crippen LogP contribution in [-0.2, 0) is 9.59 Å². The molecule has 2 fully saturated rings. The van der Waals surface area contributed by atoms with E-state index in [4.69, 9.17) is 23.2 Å². The number of carbonyl (C=O) groups is 4. The number of nitro benzene ring substituents is 1. The first-order valence-corrected chi connectivity index (χ1v) is 11.8. The number of ketones is 1. The van der Waals surface area contributed by atoms with Crippen molar-refractivity contribution in [3.05, 3.63) is 73.8 Å². The minimum Gasteiger partial charge on any atom is -0.292 e. The Morgan fingerprint density at radius 2 is 1.71 bits per heavy atom. The zero-order valence-electron chi connectivity index (χ0n) is 18.6. The number of imide groups is 1. The van der Waals surface area contributed by atoms with Crippen LogP contribution >= 0.6 is 23.2 Å². The van der Waals surface area contributed by atoms with Crippen LogP contribution in [0.1, 0.15) is 46.9 Å². The molecule has 1 aliphatic carbocycles. The summed E-state index contributed by atoms with van der Waals surface area (Å²) < 4.78 is 0. The Bertz CT molecular complexity index is 1230. The molecule has 182 valence electrons. The summed E-state index contributed by atoms with van der Waals surface area (Å²) in [5, 5.41) is 12.8. The van der Waals surface area contributed by atoms with E-state index >= 15 is 0 Å². The van der Waals surface area contributed by atoms with Crippen LogP contribution in [0.2, 0.25) is 10.0 Å². The second-order valence-corrected chi connectivity index (χ2v) is 9.68. The smallest absolute Gasteiger partial charge is 0.274 e. The number of amides is 3. The van der Waals surface area contributed by atoms with Crippen LogP contribution in [-0.4, -0.2) is 45.0 Å². The van der Waals surface area contributed by atoms with Gasteiger partial charge in [-0.2, -0.15) is 5.01 Å². The standard InChI is InChI=1S/C24H21Cl2N3O6/c1-13-2-8-17-19(10-13)24(33)28(23(17)32)27(22(31)18-9-5-15(25)11-20(18)26)12-21(30)14-3-6-16(7-4-14)29(34)35/h3-7,9,11,13,17,19H,2,8,10,12H2,1H3/t13-,17+,19+/m1/s1. The summed E-state index contributed by atoms with van der Waals surface area (Å²) in [6.07, 6.45) is 1.82. The van der Waals surface area contributed by atoms with E-state index in [1.54, 1.807) is 0 Å². The molecule has 0 aromatic heterocycles. The molecule has 1 aliphatic heterocycles. The fourth-order valence-electron chi connectivity index (χ4n) is 4.64. The van der Waals surface area contributed by atoms with E-state index in [2.05, 4.69) is 0 Å². The van der Waals surface area contributed by atoms with Gasteiger partial charge < -0.3 is 0 Å². The van der Waals surface area contributed by atoms with Gasteiger partial charge in [-0.1, -0.05) is 30.1 Å². The van der Waals surface area contributed by atoms with Gasteiger partial charge in [-0.05, 0) is 55.5 Å². The van der Waals surface area contributed by atoms with Gasteiger partial charge in [0.2, 0.25) is 0 Å². The normalized spacial score (nSPS) is 21.6. The van der Waals surface area contributed by atoms with Crippen LogP contribution in [0.4, 0.5) is 5.69 Å². The molecule has 2 aliphatic rings. The van der Waals surface area contributed by atoms with Crippen molar-refractivity contribution < 1.29 is 24.1 Å². The largest absolute Gasteiger partial charge is 0.292 e. The summed E-state index contributed by atoms with van der Waals surface area (Å²) in [5.74, 6) is -3.33. The lowest BCUT2D eigenvalue weighted by Gasteiger charge is -2.30. The molecule has 0 radical (unpaired) electrons. The Labute approximate surface area is 210 Å². The lowest BCUT2D eigenvalue weighted by atomic mass is 9.76. The average Bonchev–Trinajstić information content (AvgIpc) is 3.06. The number of fused-ring (bicyclic) bond motifs is 1. The van der Waals surface area contributed by atoms with E-state index in [1.807, 2.05) is 6.92 Å². The molecule has 1 saturated carbocycles. The maximum Gasteiger partial charge on any atom is 0.274 e. The fourth-order valence-corrected chi connectivity index (χ4v) is 5.13. The van der Waals surface area contributed by atoms with Gasteiger partial charge in [-0.25, -0.2) is 5.01 Å². The van der Waals surface area contributed by atoms with Crippen molar-refractivity contribution in [3.8, 4) is 0 Å². The molecular weight excluding hydrogens is 497 g/mol. The summed E-state index contributed by atoms with van der Waals surface area (Å²) in [5.41, 5.74) is -0.150. The van der Waals surface area contributed by atoms with Crippen LogP contribution in [0.5, 0.6) is 0 Å². The van der Waals surface area contributed by atoms with Crippen LogP contribution in [0.3, 0.4) is 0 Å². The number of hydrogen-bond acceptors (Lipinski definition) is 6. The summed E-state index contributed by atoms with van der Waals surface area (Å²) in [7, 11) is 0. The Hall–Kier alpha value is -3.30. The lowest BCUT2D eigenvalue weighted by Crippen LogP contribution is -2.52. The highest BCUT2D eigenvalue weighted by Gasteiger charge is 2.53. The van der Waals surface area contributed by atoms with Gasteiger partial charge in [0, 0.05) is 22.7 Å². The van der Waals surface area contributed by atoms with Crippen LogP contribution in [0.25, 0.3) is 0 Å². The first kappa shape index (κ1) is 24.8. The van der Waals surface area contributed by atoms with Crippen LogP contribution < -0.4 is 0 Å². The second kappa shape index (κ2) is 9.75. The molecular formula is C24H21Cl2N3O6. The Morgan fingerprint density at radius 1 is 1.06 bits per heavy atom. The van der Waals surface area contributed by atoms with Crippen LogP contribution in [0.15, 0.2) is 42.5 Å². The summed E-state index contributed by atoms with van der Waals surface area (Å²) >= 11 is 12.2. The number of non-ortho nitro benzene ring substituents is 1. The quantitative estimate of drug-likeness (QED) is 0.240. The van der Waals surface area contributed by atoms with Crippen molar-refractivity contribution in [2.75, 3.05) is 6.54 Å². The van der Waals surface area contributed by atoms with Crippen molar-refractivity contribution in [2.24, 2.45) is 17.8 Å². The number of carbonyl (C=O) groups excluding carboxylic acids is 4. The van der Waals surface area contributed by atoms with E-state index in [1.165, 1.54) is 30.3 Å². The fraction of sp³-hybridized carbons (Fsp3) is 0.333. The molecule has 1 saturated heterocycles. The number of nitro groups is 1. The van der Waals surface area contributed by atoms with Crippen LogP contribution in [0, 0.1) is 27.9 Å². The number of halogens is 2. The second-order valence-electron chi connectivity index (χ2n) is 8.83. The molecule has 1 heterocycles. The first-order valence-electron chi connectivity index (χ1n) is 11.0. The van der Waals surface area contributed by atoms with E-state index in [-0.39, 0.29) is 32.8 Å². The zero-order valence-corrected chi connectivity index (χ0v) is 20.2. The van der Waals surface area contributed by atoms with Gasteiger partial charge in [0.05, 0.1) is 27.3 Å². The molecule has 4 rings (SSSR count). The van der Waals surface area contributed by atoms with E-state index in [0.717, 1.165) is 28.6 Å². The van der Waals surface area contributed by atoms with Crippen molar-refractivity contribution in [1.29, 1.82) is 0 Å². The van der Waals surface area contributed by atoms with Crippen molar-refractivity contribution in [3.63, 3.8) is 0 Å². The minimum atomic E-state index is -0.810. The number of benzene rings is 2. The van der Waals surface area contributed by atoms with Gasteiger partial charge in [-0.15, -0.1) is 0 Å². The van der Waals surface area contributed by atoms with Crippen molar-refractivity contribution >= 4 is 52.4 Å². The number of hydrazine groups is 1. The Morgan fingerprint density at radius 3 is 2.34 bits per heavy atom. The predicted molar refractivity (Wildman–Crippen MR) is 127 cm³/mol. The Balaban J connectivity index is 1.70. The number of rotatable bonds is 6. The maximum atomic E-state index is 13.5. The lowest BCUT2D eigenvalue weighted by molar-refractivity contribution is -0.384. The molecule has 0 N–H and O–H groups in total. The predicted octanol–water partition coefficient (Wildman–Crippen LogP) is 4.56. The SMILES string of the molecule is C[C@@H]1CC[C@@H]2C(=O)N(N(CC(=O)c3ccc([N+](=O)[O-])cc3)C(=O)c3ccc(Cl)cc3Cl)C(=O)[C@H]2C1. The van der Waals surface area contributed by atoms with Gasteiger partial charge in [0.1, 0.15) is 6.54 Å². The molecule has 0 unspecified atom stereocenters. The summed E-state index contributed by atoms with van der Waals surface area (Å²) in [4.78, 5) is 63.5. The zero-order chi connectivity index (χ0) is 25.4. The Kier molecular flexibility index (Phi) is 6.91. The van der Waals surface area contributed by atoms with E-state index in [9.17, 15) is 29.3 Å². The van der Waals surface area contributed by atoms with E-state index in [0.29, 0.717) is 12.8 Å². The molecule has 11 heteroatoms. The maximum absolute atomic E-state index is 13.5. The van der Waals surface area contributed by atoms with Gasteiger partial charge >= 0.3 is 0 Å². The van der Waals surface area contributed by atoms with Gasteiger partial charge in [0.25, 0.3) is 23.4 Å².